The lowest BCUT2D eigenvalue weighted by Crippen LogP contribution is -2.54. The molecule has 5 amide bonds. The first-order chi connectivity index (χ1) is 28.4. The molecule has 4 aliphatic heterocycles. The molecule has 2 aliphatic carbocycles. The van der Waals surface area contributed by atoms with Crippen LogP contribution in [0.25, 0.3) is 0 Å². The summed E-state index contributed by atoms with van der Waals surface area (Å²) in [6.45, 7) is 6.80. The molecule has 0 bridgehead atoms. The van der Waals surface area contributed by atoms with Crippen molar-refractivity contribution in [1.82, 2.24) is 30.4 Å². The molecule has 3 saturated heterocycles. The molecule has 1 unspecified atom stereocenters. The van der Waals surface area contributed by atoms with Crippen LogP contribution in [0.4, 0.5) is 15.9 Å². The van der Waals surface area contributed by atoms with Gasteiger partial charge in [-0.15, -0.1) is 0 Å². The number of piperidine rings is 2. The van der Waals surface area contributed by atoms with Gasteiger partial charge >= 0.3 is 0 Å². The summed E-state index contributed by atoms with van der Waals surface area (Å²) in [4.78, 5) is 80.1. The summed E-state index contributed by atoms with van der Waals surface area (Å²) in [6, 6.07) is 8.82. The van der Waals surface area contributed by atoms with Crippen LogP contribution < -0.4 is 25.2 Å². The van der Waals surface area contributed by atoms with Gasteiger partial charge in [-0.25, -0.2) is 14.4 Å². The summed E-state index contributed by atoms with van der Waals surface area (Å²) in [6.07, 6.45) is 6.34. The minimum atomic E-state index is -1.10. The van der Waals surface area contributed by atoms with E-state index in [2.05, 4.69) is 37.3 Å². The Morgan fingerprint density at radius 2 is 1.71 bits per heavy atom. The molecule has 5 heterocycles. The monoisotopic (exact) mass is 823 g/mol. The maximum Gasteiger partial charge on any atom is 0.271 e. The average molecular weight is 824 g/mol. The van der Waals surface area contributed by atoms with E-state index in [1.807, 2.05) is 11.0 Å². The van der Waals surface area contributed by atoms with Gasteiger partial charge in [0.05, 0.1) is 45.9 Å². The molecule has 5 atom stereocenters. The Morgan fingerprint density at radius 1 is 0.966 bits per heavy atom. The number of ether oxygens (including phenoxy) is 1. The van der Waals surface area contributed by atoms with Crippen molar-refractivity contribution in [3.05, 3.63) is 75.9 Å². The van der Waals surface area contributed by atoms with Gasteiger partial charge in [0.2, 0.25) is 11.8 Å². The van der Waals surface area contributed by atoms with Crippen molar-refractivity contribution in [3.8, 4) is 11.8 Å². The number of nitrogens with one attached hydrogen (secondary N) is 2. The molecule has 9 rings (SSSR count). The highest BCUT2D eigenvalue weighted by atomic mass is 35.5. The van der Waals surface area contributed by atoms with Gasteiger partial charge in [0.1, 0.15) is 35.2 Å². The summed E-state index contributed by atoms with van der Waals surface area (Å²) >= 11 is 6.14. The van der Waals surface area contributed by atoms with E-state index in [-0.39, 0.29) is 59.4 Å². The lowest BCUT2D eigenvalue weighted by molar-refractivity contribution is -0.136. The normalized spacial score (nSPS) is 27.9. The molecule has 15 nitrogen and oxygen atoms in total. The summed E-state index contributed by atoms with van der Waals surface area (Å²) < 4.78 is 21.6. The van der Waals surface area contributed by atoms with E-state index in [0.29, 0.717) is 47.2 Å². The third-order valence-corrected chi connectivity index (χ3v) is 13.3. The quantitative estimate of drug-likeness (QED) is 0.300. The van der Waals surface area contributed by atoms with Gasteiger partial charge in [0.25, 0.3) is 17.7 Å². The number of benzene rings is 2. The predicted octanol–water partition coefficient (Wildman–Crippen LogP) is 3.55. The Bertz CT molecular complexity index is 2270. The number of rotatable bonds is 9. The van der Waals surface area contributed by atoms with Crippen molar-refractivity contribution < 1.29 is 33.1 Å². The van der Waals surface area contributed by atoms with Crippen LogP contribution >= 0.6 is 11.6 Å². The smallest absolute Gasteiger partial charge is 0.271 e. The number of hydrogen-bond donors (Lipinski definition) is 2. The number of fused-ring (bicyclic) bond motifs is 2. The van der Waals surface area contributed by atoms with Crippen LogP contribution in [0, 0.1) is 34.9 Å². The summed E-state index contributed by atoms with van der Waals surface area (Å²) in [5.74, 6) is -0.724. The number of carbonyl (C=O) groups is 5. The molecule has 17 heteroatoms. The highest BCUT2D eigenvalue weighted by molar-refractivity contribution is 6.31. The molecule has 2 aromatic carbocycles. The first-order valence-electron chi connectivity index (χ1n) is 20.2. The lowest BCUT2D eigenvalue weighted by atomic mass is 9.93. The maximum absolute atomic E-state index is 15.5. The molecule has 5 fully saturated rings. The van der Waals surface area contributed by atoms with Crippen LogP contribution in [0.3, 0.4) is 0 Å². The van der Waals surface area contributed by atoms with Crippen molar-refractivity contribution in [1.29, 1.82) is 5.26 Å². The Balaban J connectivity index is 0.725. The third kappa shape index (κ3) is 7.46. The fourth-order valence-electron chi connectivity index (χ4n) is 9.62. The number of nitrogens with zero attached hydrogens (tertiary/aromatic N) is 7. The predicted molar refractivity (Wildman–Crippen MR) is 211 cm³/mol. The number of piperazine rings is 1. The number of nitriles is 1. The van der Waals surface area contributed by atoms with Crippen LogP contribution in [-0.4, -0.2) is 113 Å². The van der Waals surface area contributed by atoms with Crippen molar-refractivity contribution in [2.75, 3.05) is 49.1 Å². The van der Waals surface area contributed by atoms with Gasteiger partial charge < -0.3 is 19.9 Å². The van der Waals surface area contributed by atoms with Crippen LogP contribution in [0.15, 0.2) is 42.7 Å². The fourth-order valence-corrected chi connectivity index (χ4v) is 9.83. The van der Waals surface area contributed by atoms with E-state index in [0.717, 1.165) is 68.6 Å². The van der Waals surface area contributed by atoms with Crippen molar-refractivity contribution in [3.63, 3.8) is 0 Å². The second-order valence-corrected chi connectivity index (χ2v) is 17.0. The van der Waals surface area contributed by atoms with E-state index in [9.17, 15) is 24.0 Å². The summed E-state index contributed by atoms with van der Waals surface area (Å²) in [5, 5.41) is 14.7. The number of hydrogen-bond acceptors (Lipinski definition) is 12. The van der Waals surface area contributed by atoms with Crippen LogP contribution in [0.1, 0.15) is 82.2 Å². The van der Waals surface area contributed by atoms with Gasteiger partial charge in [0.15, 0.2) is 0 Å². The molecule has 3 aromatic rings. The second-order valence-electron chi connectivity index (χ2n) is 16.6. The number of halogens is 2. The minimum absolute atomic E-state index is 0.00323. The average Bonchev–Trinajstić information content (AvgIpc) is 3.53. The Kier molecular flexibility index (Phi) is 10.2. The third-order valence-electron chi connectivity index (χ3n) is 13.0. The number of aromatic nitrogens is 2. The molecule has 59 heavy (non-hydrogen) atoms. The van der Waals surface area contributed by atoms with Gasteiger partial charge in [-0.2, -0.15) is 5.26 Å². The zero-order valence-electron chi connectivity index (χ0n) is 32.4. The van der Waals surface area contributed by atoms with Gasteiger partial charge in [-0.05, 0) is 81.0 Å². The molecule has 1 aromatic heterocycles. The Morgan fingerprint density at radius 3 is 2.37 bits per heavy atom. The van der Waals surface area contributed by atoms with Gasteiger partial charge in [0, 0.05) is 63.8 Å². The van der Waals surface area contributed by atoms with E-state index in [1.165, 1.54) is 12.3 Å². The first kappa shape index (κ1) is 38.8. The zero-order chi connectivity index (χ0) is 41.1. The molecule has 6 aliphatic rings. The number of anilines is 2. The summed E-state index contributed by atoms with van der Waals surface area (Å²) in [7, 11) is 0. The van der Waals surface area contributed by atoms with E-state index in [1.54, 1.807) is 24.4 Å². The van der Waals surface area contributed by atoms with E-state index < -0.39 is 35.5 Å². The largest absolute Gasteiger partial charge is 0.490 e. The van der Waals surface area contributed by atoms with E-state index >= 15 is 4.39 Å². The Labute approximate surface area is 344 Å². The van der Waals surface area contributed by atoms with Crippen molar-refractivity contribution in [2.24, 2.45) is 17.8 Å². The molecule has 2 saturated carbocycles. The van der Waals surface area contributed by atoms with Gasteiger partial charge in [-0.1, -0.05) is 11.6 Å². The number of imide groups is 2. The molecule has 0 spiro atoms. The Hall–Kier alpha value is -5.66. The highest BCUT2D eigenvalue weighted by Gasteiger charge is 2.57. The van der Waals surface area contributed by atoms with Crippen LogP contribution in [0.2, 0.25) is 5.02 Å². The lowest BCUT2D eigenvalue weighted by Gasteiger charge is -2.40. The summed E-state index contributed by atoms with van der Waals surface area (Å²) in [5.41, 5.74) is 0.984. The van der Waals surface area contributed by atoms with Crippen LogP contribution in [0.5, 0.6) is 5.75 Å². The van der Waals surface area contributed by atoms with Crippen molar-refractivity contribution >= 4 is 52.6 Å². The second kappa shape index (κ2) is 15.5. The highest BCUT2D eigenvalue weighted by Crippen LogP contribution is 2.53. The molecule has 2 N–H and O–H groups in total. The minimum Gasteiger partial charge on any atom is -0.490 e. The first-order valence-corrected chi connectivity index (χ1v) is 20.6. The van der Waals surface area contributed by atoms with Crippen LogP contribution in [-0.2, 0) is 9.59 Å². The van der Waals surface area contributed by atoms with E-state index in [4.69, 9.17) is 21.6 Å². The maximum atomic E-state index is 15.5. The SMILES string of the molecule is C[C@@H]1CN(c2cnc(C(=O)N[C@H]3CC[C@H](Oc4ccc(C#N)c(Cl)c4)CC3)cn2)CCN1C[C@H]1[C@@H]2CN(c3cc4c(cc3F)C(=O)N(C3CCC(=O)NC3=O)C4=O)C[C@@H]21. The van der Waals surface area contributed by atoms with Crippen molar-refractivity contribution in [2.45, 2.75) is 69.7 Å². The molecular formula is C42H43ClFN9O6. The van der Waals surface area contributed by atoms with Gasteiger partial charge in [-0.3, -0.25) is 39.1 Å². The standard InChI is InChI=1S/C42H43ClFN9O6/c1-22-18-51(37-17-46-34(16-47-37)39(55)48-24-3-6-25(7-4-24)59-26-5-2-23(15-45)32(43)12-26)11-10-50(22)19-29-30-20-52(21-31(29)30)36-14-28-27(13-33(36)44)41(57)53(42(28)58)35-8-9-38(54)49-40(35)56/h2,5,12-14,16-17,22,24-25,29-31,35H,3-4,6-11,18-21H2,1H3,(H,48,55)(H,49,54,56)/t22-,24-,25-,29-,30-,31+,35?/m1/s1. The zero-order valence-corrected chi connectivity index (χ0v) is 33.2. The number of amides is 5. The molecule has 0 radical (unpaired) electrons. The molecule has 306 valence electrons. The fraction of sp³-hybridized carbons (Fsp3) is 0.476. The number of carbonyl (C=O) groups excluding carboxylic acids is 5. The molecular weight excluding hydrogens is 781 g/mol. The topological polar surface area (TPSA) is 181 Å².